The van der Waals surface area contributed by atoms with Crippen molar-refractivity contribution in [2.75, 3.05) is 39.3 Å². The minimum absolute atomic E-state index is 0.403. The van der Waals surface area contributed by atoms with Crippen LogP contribution in [-0.4, -0.2) is 116 Å². The van der Waals surface area contributed by atoms with Gasteiger partial charge in [0, 0.05) is 78.0 Å². The molecule has 12 aliphatic carbocycles. The molecule has 5 nitrogen and oxygen atoms in total. The summed E-state index contributed by atoms with van der Waals surface area (Å²) in [6.07, 6.45) is 60.0. The van der Waals surface area contributed by atoms with Crippen molar-refractivity contribution in [1.29, 1.82) is 0 Å². The fourth-order valence-corrected chi connectivity index (χ4v) is 28.7. The molecule has 18 aliphatic rings. The van der Waals surface area contributed by atoms with Crippen molar-refractivity contribution in [3.05, 3.63) is 0 Å². The van der Waals surface area contributed by atoms with Crippen molar-refractivity contribution in [3.63, 3.8) is 0 Å². The molecule has 18 rings (SSSR count). The van der Waals surface area contributed by atoms with E-state index in [0.29, 0.717) is 54.8 Å². The summed E-state index contributed by atoms with van der Waals surface area (Å²) < 4.78 is 0. The SMILES string of the molecule is CC(C)(C)C1C2CCCC1CC2.CC(C)(C)C1CC2CCC(C2)C1.CC(C)(C)C1CC2CCC1C2.CC(C)(C)C1CC2CCC1C2.CC(C)(C)C1CCCCC1.CC(C)(C)N1C2CCCC1CC2.CC(C)(C)N1CC2CCC(C2)C1.CC(C)(C)N1CC2CCC1C2.CC(C)(C)N1CC2CCC1C2.CC(C)(C)N1CCCCC1. The van der Waals surface area contributed by atoms with Crippen LogP contribution in [0.25, 0.3) is 0 Å². The molecule has 656 valence electrons. The highest BCUT2D eigenvalue weighted by molar-refractivity contribution is 5.02. The average Bonchev–Trinajstić information content (AvgIpc) is 1.64. The summed E-state index contributed by atoms with van der Waals surface area (Å²) in [6, 6.07) is 3.70. The summed E-state index contributed by atoms with van der Waals surface area (Å²) in [5, 5.41) is 0. The second kappa shape index (κ2) is 39.5. The van der Waals surface area contributed by atoms with Gasteiger partial charge in [-0.3, -0.25) is 24.5 Å². The average molecular weight is 1560 g/mol. The summed E-state index contributed by atoms with van der Waals surface area (Å²) in [4.78, 5) is 13.4. The lowest BCUT2D eigenvalue weighted by molar-refractivity contribution is 0.0441. The molecule has 0 spiro atoms. The smallest absolute Gasteiger partial charge is 0.0130 e. The van der Waals surface area contributed by atoms with Gasteiger partial charge in [0.1, 0.15) is 0 Å². The number of hydrogen-bond donors (Lipinski definition) is 0. The van der Waals surface area contributed by atoms with Crippen LogP contribution in [0.5, 0.6) is 0 Å². The molecular weight excluding hydrogens is 1360 g/mol. The Morgan fingerprint density at radius 3 is 0.804 bits per heavy atom. The lowest BCUT2D eigenvalue weighted by atomic mass is 9.66. The molecule has 5 heteroatoms. The molecule has 6 aliphatic heterocycles. The fraction of sp³-hybridized carbons (Fsp3) is 1.00. The minimum Gasteiger partial charge on any atom is -0.298 e. The molecule has 0 amide bonds. The van der Waals surface area contributed by atoms with Crippen molar-refractivity contribution in [3.8, 4) is 0 Å². The van der Waals surface area contributed by atoms with Crippen LogP contribution in [0.15, 0.2) is 0 Å². The van der Waals surface area contributed by atoms with Gasteiger partial charge in [-0.2, -0.15) is 0 Å². The standard InChI is InChI=1S/2C12H22.2C11H21N.2C11H20.2C10H19N.C10H20.C9H19N/c1-12(2,3)11-7-9-4-5-10(6-9)8-11;1-12(2,3)11-9-5-4-6-10(11)8-7-9;1-11(2,3)12-7-9-4-5-10(6-9)8-12;1-11(2,3)12-9-5-4-6-10(12)8-7-9;2*1-11(2,3)10-7-8-4-5-9(10)6-8;2*1-10(2,3)11-7-8-4-5-9(11)6-8;1-10(2,3)9-7-5-4-6-8-9;1-9(2,3)10-7-5-4-6-8-10/h2*9-11H,4-8H2,1-3H3;2*9-10H,4-8H2,1-3H3;2*8-10H,4-7H2,1-3H3;2*8-9H,4-7H2,1-3H3;9H,4-8H2,1-3H3;4-8H2,1-3H3. The van der Waals surface area contributed by atoms with Crippen LogP contribution in [0.3, 0.4) is 0 Å². The Morgan fingerprint density at radius 1 is 0.196 bits per heavy atom. The highest BCUT2D eigenvalue weighted by Crippen LogP contribution is 2.58. The van der Waals surface area contributed by atoms with Gasteiger partial charge in [0.05, 0.1) is 0 Å². The number of rotatable bonds is 0. The van der Waals surface area contributed by atoms with Crippen molar-refractivity contribution in [2.24, 2.45) is 128 Å². The van der Waals surface area contributed by atoms with E-state index in [9.17, 15) is 0 Å². The number of nitrogens with zero attached hydrogens (tertiary/aromatic N) is 5. The second-order valence-electron chi connectivity index (χ2n) is 53.5. The first kappa shape index (κ1) is 95.6. The topological polar surface area (TPSA) is 16.2 Å². The van der Waals surface area contributed by atoms with E-state index in [1.165, 1.54) is 277 Å². The Kier molecular flexibility index (Phi) is 33.8. The normalized spacial score (nSPS) is 37.1. The molecule has 6 heterocycles. The Morgan fingerprint density at radius 2 is 0.536 bits per heavy atom. The Balaban J connectivity index is 0.000000143. The zero-order valence-electron chi connectivity index (χ0n) is 81.9. The highest BCUT2D eigenvalue weighted by Gasteiger charge is 2.50. The predicted octanol–water partition coefficient (Wildman–Crippen LogP) is 30.4. The number of piperidine rings is 5. The Bertz CT molecular complexity index is 2380. The van der Waals surface area contributed by atoms with E-state index in [0.717, 1.165) is 125 Å². The molecule has 6 saturated heterocycles. The van der Waals surface area contributed by atoms with Crippen molar-refractivity contribution in [2.45, 2.75) is 516 Å². The van der Waals surface area contributed by atoms with Gasteiger partial charge in [0.25, 0.3) is 0 Å². The van der Waals surface area contributed by atoms with E-state index >= 15 is 0 Å². The summed E-state index contributed by atoms with van der Waals surface area (Å²) in [6.45, 7) is 79.4. The first-order valence-corrected chi connectivity index (χ1v) is 50.6. The molecule has 0 aromatic rings. The number of fused-ring (bicyclic) bond motifs is 16. The molecular formula is C107H203N5. The molecule has 0 N–H and O–H groups in total. The molecule has 18 fully saturated rings. The molecule has 18 atom stereocenters. The van der Waals surface area contributed by atoms with Gasteiger partial charge in [-0.15, -0.1) is 0 Å². The monoisotopic (exact) mass is 1560 g/mol. The van der Waals surface area contributed by atoms with Gasteiger partial charge >= 0.3 is 0 Å². The first-order chi connectivity index (χ1) is 51.8. The summed E-state index contributed by atoms with van der Waals surface area (Å²) in [5.74, 6) is 18.1. The molecule has 0 radical (unpaired) electrons. The summed E-state index contributed by atoms with van der Waals surface area (Å²) >= 11 is 0. The maximum Gasteiger partial charge on any atom is 0.0130 e. The minimum atomic E-state index is 0.403. The molecule has 112 heavy (non-hydrogen) atoms. The van der Waals surface area contributed by atoms with Crippen LogP contribution in [0.4, 0.5) is 0 Å². The zero-order valence-corrected chi connectivity index (χ0v) is 81.9. The third-order valence-electron chi connectivity index (χ3n) is 34.6. The molecule has 18 unspecified atom stereocenters. The van der Waals surface area contributed by atoms with Gasteiger partial charge in [0.2, 0.25) is 0 Å². The van der Waals surface area contributed by atoms with Crippen molar-refractivity contribution >= 4 is 0 Å². The Hall–Kier alpha value is -0.200. The number of hydrogen-bond acceptors (Lipinski definition) is 5. The van der Waals surface area contributed by atoms with E-state index < -0.39 is 0 Å². The molecule has 0 aromatic carbocycles. The van der Waals surface area contributed by atoms with Crippen molar-refractivity contribution in [1.82, 2.24) is 24.5 Å². The predicted molar refractivity (Wildman–Crippen MR) is 494 cm³/mol. The van der Waals surface area contributed by atoms with Gasteiger partial charge in [-0.05, 0) is 424 Å². The van der Waals surface area contributed by atoms with Crippen LogP contribution < -0.4 is 0 Å². The van der Waals surface area contributed by atoms with Crippen LogP contribution in [0.2, 0.25) is 0 Å². The Labute approximate surface area is 703 Å². The summed E-state index contributed by atoms with van der Waals surface area (Å²) in [5.41, 5.74) is 4.93. The molecule has 16 bridgehead atoms. The van der Waals surface area contributed by atoms with Gasteiger partial charge in [-0.1, -0.05) is 181 Å². The molecule has 0 aromatic heterocycles. The quantitative estimate of drug-likeness (QED) is 0.240. The maximum absolute atomic E-state index is 2.77. The largest absolute Gasteiger partial charge is 0.298 e. The van der Waals surface area contributed by atoms with Crippen LogP contribution >= 0.6 is 0 Å². The maximum atomic E-state index is 2.77. The van der Waals surface area contributed by atoms with Gasteiger partial charge < -0.3 is 0 Å². The zero-order chi connectivity index (χ0) is 82.5. The van der Waals surface area contributed by atoms with E-state index in [4.69, 9.17) is 0 Å². The van der Waals surface area contributed by atoms with Crippen LogP contribution in [-0.2, 0) is 0 Å². The van der Waals surface area contributed by atoms with E-state index in [1.54, 1.807) is 19.3 Å². The fourth-order valence-electron chi connectivity index (χ4n) is 28.7. The first-order valence-electron chi connectivity index (χ1n) is 50.6. The lowest BCUT2D eigenvalue weighted by Crippen LogP contribution is -2.51. The third kappa shape index (κ3) is 27.9. The van der Waals surface area contributed by atoms with E-state index in [1.807, 2.05) is 0 Å². The van der Waals surface area contributed by atoms with Crippen molar-refractivity contribution < 1.29 is 0 Å². The van der Waals surface area contributed by atoms with E-state index in [2.05, 4.69) is 232 Å². The second-order valence-corrected chi connectivity index (χ2v) is 53.5. The highest BCUT2D eigenvalue weighted by atomic mass is 15.3. The lowest BCUT2D eigenvalue weighted by Gasteiger charge is -2.44. The van der Waals surface area contributed by atoms with Crippen LogP contribution in [0.1, 0.15) is 465 Å². The van der Waals surface area contributed by atoms with Crippen LogP contribution in [0, 0.1) is 128 Å². The van der Waals surface area contributed by atoms with Gasteiger partial charge in [-0.25, -0.2) is 0 Å². The van der Waals surface area contributed by atoms with E-state index in [-0.39, 0.29) is 0 Å². The van der Waals surface area contributed by atoms with Gasteiger partial charge in [0.15, 0.2) is 0 Å². The summed E-state index contributed by atoms with van der Waals surface area (Å²) in [7, 11) is 0. The number of likely N-dealkylation sites (tertiary alicyclic amines) is 4. The molecule has 12 saturated carbocycles. The third-order valence-corrected chi connectivity index (χ3v) is 34.6.